The van der Waals surface area contributed by atoms with Gasteiger partial charge in [0.05, 0.1) is 0 Å². The molecular weight excluding hydrogens is 188 g/mol. The second kappa shape index (κ2) is 4.74. The number of hydrogen-bond acceptors (Lipinski definition) is 1. The Labute approximate surface area is 92.5 Å². The number of rotatable bonds is 4. The third-order valence-corrected chi connectivity index (χ3v) is 5.38. The normalized spacial score (nSPS) is 38.4. The van der Waals surface area contributed by atoms with Crippen LogP contribution in [0.2, 0.25) is 0 Å². The van der Waals surface area contributed by atoms with Crippen molar-refractivity contribution in [3.8, 4) is 0 Å². The van der Waals surface area contributed by atoms with E-state index >= 15 is 0 Å². The fraction of sp³-hybridized carbons (Fsp3) is 0.846. The first-order valence-corrected chi connectivity index (χ1v) is 7.16. The van der Waals surface area contributed by atoms with Gasteiger partial charge in [-0.2, -0.15) is 11.8 Å². The Morgan fingerprint density at radius 2 is 2.29 bits per heavy atom. The van der Waals surface area contributed by atoms with Crippen LogP contribution in [0.25, 0.3) is 0 Å². The molecule has 0 spiro atoms. The van der Waals surface area contributed by atoms with E-state index in [4.69, 9.17) is 0 Å². The molecule has 2 fully saturated rings. The summed E-state index contributed by atoms with van der Waals surface area (Å²) >= 11 is 2.26. The maximum atomic E-state index is 2.37. The number of hydrogen-bond donors (Lipinski definition) is 0. The average Bonchev–Trinajstić information content (AvgIpc) is 2.76. The lowest BCUT2D eigenvalue weighted by Crippen LogP contribution is -2.14. The summed E-state index contributed by atoms with van der Waals surface area (Å²) in [7, 11) is 0. The molecule has 2 rings (SSSR count). The molecule has 14 heavy (non-hydrogen) atoms. The van der Waals surface area contributed by atoms with Gasteiger partial charge in [-0.1, -0.05) is 25.0 Å². The monoisotopic (exact) mass is 210 g/mol. The average molecular weight is 210 g/mol. The summed E-state index contributed by atoms with van der Waals surface area (Å²) in [4.78, 5) is 0. The third kappa shape index (κ3) is 2.03. The largest absolute Gasteiger partial charge is 0.158 e. The van der Waals surface area contributed by atoms with E-state index in [-0.39, 0.29) is 0 Å². The zero-order chi connectivity index (χ0) is 9.97. The third-order valence-electron chi connectivity index (χ3n) is 3.85. The van der Waals surface area contributed by atoms with Gasteiger partial charge in [-0.05, 0) is 50.2 Å². The van der Waals surface area contributed by atoms with E-state index in [2.05, 4.69) is 31.7 Å². The molecule has 0 radical (unpaired) electrons. The molecule has 3 atom stereocenters. The number of allylic oxidation sites excluding steroid dienone is 2. The van der Waals surface area contributed by atoms with Gasteiger partial charge in [0.25, 0.3) is 0 Å². The molecule has 1 heteroatoms. The van der Waals surface area contributed by atoms with Gasteiger partial charge in [0.1, 0.15) is 0 Å². The van der Waals surface area contributed by atoms with E-state index in [1.54, 1.807) is 5.57 Å². The Kier molecular flexibility index (Phi) is 3.59. The van der Waals surface area contributed by atoms with Crippen LogP contribution in [0.5, 0.6) is 0 Å². The molecule has 0 heterocycles. The molecule has 0 aromatic rings. The second-order valence-electron chi connectivity index (χ2n) is 4.76. The molecule has 3 unspecified atom stereocenters. The van der Waals surface area contributed by atoms with Crippen molar-refractivity contribution in [2.45, 2.75) is 51.2 Å². The van der Waals surface area contributed by atoms with Crippen molar-refractivity contribution in [1.29, 1.82) is 0 Å². The molecule has 0 aromatic carbocycles. The number of fused-ring (bicyclic) bond motifs is 2. The smallest absolute Gasteiger partial charge is 0.00842 e. The van der Waals surface area contributed by atoms with Crippen molar-refractivity contribution in [2.24, 2.45) is 11.8 Å². The summed E-state index contributed by atoms with van der Waals surface area (Å²) in [5.74, 6) is 3.41. The summed E-state index contributed by atoms with van der Waals surface area (Å²) in [5, 5.41) is 1.01. The lowest BCUT2D eigenvalue weighted by molar-refractivity contribution is 0.576. The molecule has 0 aromatic heterocycles. The second-order valence-corrected chi connectivity index (χ2v) is 6.11. The van der Waals surface area contributed by atoms with Crippen molar-refractivity contribution in [1.82, 2.24) is 0 Å². The zero-order valence-corrected chi connectivity index (χ0v) is 10.3. The van der Waals surface area contributed by atoms with Gasteiger partial charge >= 0.3 is 0 Å². The lowest BCUT2D eigenvalue weighted by Gasteiger charge is -2.22. The van der Waals surface area contributed by atoms with Crippen LogP contribution < -0.4 is 0 Å². The van der Waals surface area contributed by atoms with Gasteiger partial charge in [0, 0.05) is 5.25 Å². The van der Waals surface area contributed by atoms with Crippen LogP contribution >= 0.6 is 11.8 Å². The molecule has 0 aliphatic heterocycles. The Bertz CT molecular complexity index is 219. The van der Waals surface area contributed by atoms with Gasteiger partial charge in [0.15, 0.2) is 0 Å². The van der Waals surface area contributed by atoms with Gasteiger partial charge in [0.2, 0.25) is 0 Å². The number of unbranched alkanes of at least 4 members (excludes halogenated alkanes) is 1. The quantitative estimate of drug-likeness (QED) is 0.493. The highest BCUT2D eigenvalue weighted by Gasteiger charge is 2.42. The molecule has 0 nitrogen and oxygen atoms in total. The number of thioether (sulfide) groups is 1. The maximum absolute atomic E-state index is 2.37. The molecule has 2 saturated carbocycles. The predicted molar refractivity (Wildman–Crippen MR) is 65.7 cm³/mol. The Hall–Kier alpha value is 0.0900. The fourth-order valence-corrected chi connectivity index (χ4v) is 4.62. The van der Waals surface area contributed by atoms with Crippen molar-refractivity contribution in [3.63, 3.8) is 0 Å². The van der Waals surface area contributed by atoms with Crippen molar-refractivity contribution in [2.75, 3.05) is 5.75 Å². The highest BCUT2D eigenvalue weighted by atomic mass is 32.2. The minimum Gasteiger partial charge on any atom is -0.158 e. The van der Waals surface area contributed by atoms with Crippen LogP contribution in [0, 0.1) is 11.8 Å². The van der Waals surface area contributed by atoms with E-state index in [0.29, 0.717) is 0 Å². The maximum Gasteiger partial charge on any atom is 0.00842 e. The van der Waals surface area contributed by atoms with Crippen LogP contribution in [-0.4, -0.2) is 11.0 Å². The van der Waals surface area contributed by atoms with Gasteiger partial charge in [-0.25, -0.2) is 0 Å². The van der Waals surface area contributed by atoms with Crippen LogP contribution in [0.3, 0.4) is 0 Å². The zero-order valence-electron chi connectivity index (χ0n) is 9.46. The summed E-state index contributed by atoms with van der Waals surface area (Å²) in [6.07, 6.45) is 9.55. The standard InChI is InChI=1S/C13H22S/c1-3-5-6-14-13-9-11-8-12(13)7-10(11)4-2/h4,11-13H,3,5-9H2,1-2H3/b10-4-. The summed E-state index contributed by atoms with van der Waals surface area (Å²) in [5.41, 5.74) is 1.77. The first-order valence-electron chi connectivity index (χ1n) is 6.11. The van der Waals surface area contributed by atoms with Crippen LogP contribution in [-0.2, 0) is 0 Å². The van der Waals surface area contributed by atoms with E-state index in [1.165, 1.54) is 37.9 Å². The van der Waals surface area contributed by atoms with Crippen molar-refractivity contribution in [3.05, 3.63) is 11.6 Å². The van der Waals surface area contributed by atoms with Crippen LogP contribution in [0.4, 0.5) is 0 Å². The van der Waals surface area contributed by atoms with E-state index < -0.39 is 0 Å². The highest BCUT2D eigenvalue weighted by Crippen LogP contribution is 2.52. The lowest BCUT2D eigenvalue weighted by atomic mass is 9.94. The summed E-state index contributed by atoms with van der Waals surface area (Å²) in [6.45, 7) is 4.51. The molecular formula is C13H22S. The predicted octanol–water partition coefficient (Wildman–Crippen LogP) is 4.26. The van der Waals surface area contributed by atoms with Gasteiger partial charge in [-0.3, -0.25) is 0 Å². The molecule has 0 N–H and O–H groups in total. The molecule has 0 saturated heterocycles. The molecule has 80 valence electrons. The van der Waals surface area contributed by atoms with Gasteiger partial charge < -0.3 is 0 Å². The highest BCUT2D eigenvalue weighted by molar-refractivity contribution is 7.99. The topological polar surface area (TPSA) is 0 Å². The van der Waals surface area contributed by atoms with Crippen molar-refractivity contribution >= 4 is 11.8 Å². The molecule has 2 bridgehead atoms. The summed E-state index contributed by atoms with van der Waals surface area (Å²) < 4.78 is 0. The van der Waals surface area contributed by atoms with Crippen molar-refractivity contribution < 1.29 is 0 Å². The minimum atomic E-state index is 0.976. The first kappa shape index (κ1) is 10.6. The Balaban J connectivity index is 1.79. The van der Waals surface area contributed by atoms with Crippen LogP contribution in [0.15, 0.2) is 11.6 Å². The first-order chi connectivity index (χ1) is 6.85. The van der Waals surface area contributed by atoms with E-state index in [0.717, 1.165) is 17.1 Å². The van der Waals surface area contributed by atoms with Crippen LogP contribution in [0.1, 0.15) is 46.0 Å². The van der Waals surface area contributed by atoms with E-state index in [9.17, 15) is 0 Å². The SMILES string of the molecule is C/C=C1/CC2CC1CC2SCCCC. The van der Waals surface area contributed by atoms with Gasteiger partial charge in [-0.15, -0.1) is 0 Å². The Morgan fingerprint density at radius 3 is 2.86 bits per heavy atom. The molecule has 2 aliphatic rings. The van der Waals surface area contributed by atoms with E-state index in [1.807, 2.05) is 0 Å². The molecule has 0 amide bonds. The minimum absolute atomic E-state index is 0.976. The fourth-order valence-electron chi connectivity index (χ4n) is 3.01. The molecule has 2 aliphatic carbocycles. The Morgan fingerprint density at radius 1 is 1.43 bits per heavy atom. The summed E-state index contributed by atoms with van der Waals surface area (Å²) in [6, 6.07) is 0.